The Labute approximate surface area is 115 Å². The maximum atomic E-state index is 11.8. The molecule has 0 aliphatic heterocycles. The Morgan fingerprint density at radius 3 is 1.60 bits per heavy atom. The van der Waals surface area contributed by atoms with Crippen LogP contribution in [0.4, 0.5) is 0 Å². The second-order valence-electron chi connectivity index (χ2n) is 4.23. The van der Waals surface area contributed by atoms with Crippen molar-refractivity contribution in [2.75, 3.05) is 0 Å². The quantitative estimate of drug-likeness (QED) is 0.329. The van der Waals surface area contributed by atoms with Gasteiger partial charge in [0, 0.05) is 0 Å². The van der Waals surface area contributed by atoms with E-state index < -0.39 is 11.2 Å². The van der Waals surface area contributed by atoms with Crippen molar-refractivity contribution in [1.82, 2.24) is 0 Å². The average Bonchev–Trinajstić information content (AvgIpc) is 2.04. The van der Waals surface area contributed by atoms with Crippen molar-refractivity contribution in [1.29, 1.82) is 0 Å². The first kappa shape index (κ1) is 17.7. The first-order valence-electron chi connectivity index (χ1n) is 4.32. The van der Waals surface area contributed by atoms with Gasteiger partial charge >= 0.3 is 37.7 Å². The molecule has 0 N–H and O–H groups in total. The smallest absolute Gasteiger partial charge is 0.859 e. The fourth-order valence-electron chi connectivity index (χ4n) is 1.09. The first-order valence-corrected chi connectivity index (χ1v) is 4.32. The fraction of sp³-hybridized carbons (Fsp3) is 0.455. The van der Waals surface area contributed by atoms with E-state index in [1.807, 2.05) is 0 Å². The van der Waals surface area contributed by atoms with Gasteiger partial charge in [-0.05, 0) is 0 Å². The minimum absolute atomic E-state index is 0. The van der Waals surface area contributed by atoms with E-state index in [4.69, 9.17) is 0 Å². The van der Waals surface area contributed by atoms with Crippen molar-refractivity contribution in [3.8, 4) is 0 Å². The van der Waals surface area contributed by atoms with Crippen molar-refractivity contribution in [3.63, 3.8) is 0 Å². The molecule has 0 saturated carbocycles. The Kier molecular flexibility index (Phi) is 7.28. The maximum Gasteiger partial charge on any atom is 1.00 e. The van der Waals surface area contributed by atoms with Crippen molar-refractivity contribution in [2.45, 2.75) is 26.6 Å². The Balaban J connectivity index is 0. The van der Waals surface area contributed by atoms with Gasteiger partial charge in [0.25, 0.3) is 0 Å². The van der Waals surface area contributed by atoms with Gasteiger partial charge in [0.15, 0.2) is 0 Å². The van der Waals surface area contributed by atoms with Gasteiger partial charge in [-0.25, -0.2) is 0 Å². The minimum Gasteiger partial charge on any atom is -0.859 e. The van der Waals surface area contributed by atoms with Crippen LogP contribution in [0.15, 0.2) is 30.3 Å². The second kappa shape index (κ2) is 6.16. The molecule has 15 heavy (non-hydrogen) atoms. The van der Waals surface area contributed by atoms with Crippen molar-refractivity contribution in [3.05, 3.63) is 35.9 Å². The molecule has 1 aromatic carbocycles. The molecule has 0 radical (unpaired) electrons. The molecule has 0 bridgehead atoms. The van der Waals surface area contributed by atoms with Gasteiger partial charge < -0.3 is 10.2 Å². The Morgan fingerprint density at radius 1 is 0.867 bits per heavy atom. The van der Waals surface area contributed by atoms with Crippen LogP contribution in [0.1, 0.15) is 26.3 Å². The van der Waals surface area contributed by atoms with E-state index in [9.17, 15) is 10.2 Å². The predicted octanol–water partition coefficient (Wildman–Crippen LogP) is -5.39. The molecule has 2 nitrogen and oxygen atoms in total. The van der Waals surface area contributed by atoms with E-state index in [1.54, 1.807) is 51.1 Å². The SMILES string of the molecule is CC(C)(C)C([O-])([O-])c1ccccc1.[Li+].[Li+]. The van der Waals surface area contributed by atoms with E-state index in [2.05, 4.69) is 0 Å². The zero-order valence-corrected chi connectivity index (χ0v) is 10.2. The molecule has 1 rings (SSSR count). The molecule has 0 amide bonds. The van der Waals surface area contributed by atoms with E-state index >= 15 is 0 Å². The molecule has 0 atom stereocenters. The molecule has 0 aliphatic carbocycles. The average molecular weight is 192 g/mol. The van der Waals surface area contributed by atoms with Crippen molar-refractivity contribution >= 4 is 0 Å². The van der Waals surface area contributed by atoms with Gasteiger partial charge in [-0.15, -0.1) is 0 Å². The van der Waals surface area contributed by atoms with E-state index in [0.29, 0.717) is 5.56 Å². The molecule has 0 fully saturated rings. The molecular weight excluding hydrogens is 178 g/mol. The monoisotopic (exact) mass is 192 g/mol. The van der Waals surface area contributed by atoms with Crippen LogP contribution < -0.4 is 47.9 Å². The topological polar surface area (TPSA) is 46.1 Å². The van der Waals surface area contributed by atoms with E-state index in [0.717, 1.165) is 0 Å². The Bertz CT molecular complexity index is 278. The van der Waals surface area contributed by atoms with Gasteiger partial charge in [0.05, 0.1) is 0 Å². The first-order chi connectivity index (χ1) is 5.86. The summed E-state index contributed by atoms with van der Waals surface area (Å²) in [6.07, 6.45) is 0. The van der Waals surface area contributed by atoms with Crippen LogP contribution in [0.25, 0.3) is 0 Å². The molecule has 0 aromatic heterocycles. The van der Waals surface area contributed by atoms with Gasteiger partial charge in [-0.2, -0.15) is 5.79 Å². The molecule has 0 heterocycles. The molecule has 0 saturated heterocycles. The third kappa shape index (κ3) is 4.01. The fourth-order valence-corrected chi connectivity index (χ4v) is 1.09. The molecular formula is C11H14Li2O2. The molecule has 72 valence electrons. The van der Waals surface area contributed by atoms with Gasteiger partial charge in [-0.3, -0.25) is 0 Å². The van der Waals surface area contributed by atoms with Crippen LogP contribution in [0.2, 0.25) is 0 Å². The second-order valence-corrected chi connectivity index (χ2v) is 4.23. The summed E-state index contributed by atoms with van der Waals surface area (Å²) >= 11 is 0. The van der Waals surface area contributed by atoms with Crippen molar-refractivity contribution < 1.29 is 47.9 Å². The largest absolute Gasteiger partial charge is 1.00 e. The Morgan fingerprint density at radius 2 is 1.27 bits per heavy atom. The van der Waals surface area contributed by atoms with Gasteiger partial charge in [0.2, 0.25) is 0 Å². The van der Waals surface area contributed by atoms with Crippen LogP contribution in [0.5, 0.6) is 0 Å². The number of hydrogen-bond acceptors (Lipinski definition) is 2. The number of rotatable bonds is 1. The Hall–Kier alpha value is 0.335. The normalized spacial score (nSPS) is 11.3. The van der Waals surface area contributed by atoms with Crippen LogP contribution >= 0.6 is 0 Å². The van der Waals surface area contributed by atoms with Crippen LogP contribution in [0, 0.1) is 5.41 Å². The maximum absolute atomic E-state index is 11.8. The van der Waals surface area contributed by atoms with Crippen LogP contribution in [-0.4, -0.2) is 0 Å². The summed E-state index contributed by atoms with van der Waals surface area (Å²) in [5.41, 5.74) is -0.503. The predicted molar refractivity (Wildman–Crippen MR) is 47.6 cm³/mol. The van der Waals surface area contributed by atoms with Crippen molar-refractivity contribution in [2.24, 2.45) is 5.41 Å². The zero-order valence-electron chi connectivity index (χ0n) is 10.2. The summed E-state index contributed by atoms with van der Waals surface area (Å²) in [6.45, 7) is 5.00. The summed E-state index contributed by atoms with van der Waals surface area (Å²) in [4.78, 5) is 0. The third-order valence-electron chi connectivity index (χ3n) is 2.14. The van der Waals surface area contributed by atoms with Crippen LogP contribution in [0.3, 0.4) is 0 Å². The number of hydrogen-bond donors (Lipinski definition) is 0. The summed E-state index contributed by atoms with van der Waals surface area (Å²) in [7, 11) is 0. The molecule has 0 aliphatic rings. The summed E-state index contributed by atoms with van der Waals surface area (Å²) in [5, 5.41) is 23.5. The van der Waals surface area contributed by atoms with E-state index in [1.165, 1.54) is 0 Å². The van der Waals surface area contributed by atoms with Crippen LogP contribution in [-0.2, 0) is 5.79 Å². The summed E-state index contributed by atoms with van der Waals surface area (Å²) in [5.74, 6) is -2.27. The standard InChI is InChI=1S/C11H14O2.2Li/c1-10(2,3)11(12,13)9-7-5-4-6-8-9;;/h4-8H,1-3H3;;/q-2;2*+1. The molecule has 0 spiro atoms. The van der Waals surface area contributed by atoms with Gasteiger partial charge in [0.1, 0.15) is 0 Å². The summed E-state index contributed by atoms with van der Waals surface area (Å²) < 4.78 is 0. The number of benzene rings is 1. The van der Waals surface area contributed by atoms with Gasteiger partial charge in [-0.1, -0.05) is 62.1 Å². The molecule has 4 heteroatoms. The minimum atomic E-state index is -2.27. The van der Waals surface area contributed by atoms with E-state index in [-0.39, 0.29) is 37.7 Å². The summed E-state index contributed by atoms with van der Waals surface area (Å²) in [6, 6.07) is 8.40. The molecule has 1 aromatic rings. The molecule has 0 unspecified atom stereocenters. The zero-order chi connectivity index (χ0) is 10.1. The third-order valence-corrected chi connectivity index (χ3v) is 2.14.